The SMILES string of the molecule is Cc1cc(NS(=O)(=O)c2ccc(N)cc2)no1.Cn1nnnc1SCC1=C(C(=O)O)N2C(=O)[C@@H](NC(=O)[C@H](O)c3ccccc3)[C@H]2SC1. The Morgan fingerprint density at radius 1 is 1.19 bits per heavy atom. The van der Waals surface area contributed by atoms with Crippen molar-refractivity contribution in [2.75, 3.05) is 22.0 Å². The van der Waals surface area contributed by atoms with Crippen molar-refractivity contribution in [2.24, 2.45) is 7.05 Å². The number of nitrogens with two attached hydrogens (primary N) is 1. The van der Waals surface area contributed by atoms with Crippen molar-refractivity contribution in [3.05, 3.63) is 83.3 Å². The van der Waals surface area contributed by atoms with E-state index in [1.54, 1.807) is 44.3 Å². The van der Waals surface area contributed by atoms with Crippen LogP contribution in [0.2, 0.25) is 0 Å². The van der Waals surface area contributed by atoms with E-state index in [-0.39, 0.29) is 16.4 Å². The number of aliphatic carboxylic acids is 1. The van der Waals surface area contributed by atoms with Crippen LogP contribution >= 0.6 is 23.5 Å². The van der Waals surface area contributed by atoms with Gasteiger partial charge in [-0.3, -0.25) is 19.2 Å². The Bertz CT molecular complexity index is 1950. The van der Waals surface area contributed by atoms with E-state index in [1.807, 2.05) is 0 Å². The highest BCUT2D eigenvalue weighted by molar-refractivity contribution is 8.01. The van der Waals surface area contributed by atoms with Crippen molar-refractivity contribution in [3.8, 4) is 0 Å². The first-order valence-corrected chi connectivity index (χ1v) is 17.5. The van der Waals surface area contributed by atoms with Gasteiger partial charge in [-0.2, -0.15) is 0 Å². The van der Waals surface area contributed by atoms with Crippen LogP contribution < -0.4 is 15.8 Å². The van der Waals surface area contributed by atoms with Crippen LogP contribution in [0.5, 0.6) is 0 Å². The van der Waals surface area contributed by atoms with Gasteiger partial charge in [-0.25, -0.2) is 17.9 Å². The molecule has 0 spiro atoms. The van der Waals surface area contributed by atoms with Crippen molar-refractivity contribution in [2.45, 2.75) is 34.5 Å². The molecule has 0 bridgehead atoms. The molecule has 2 aromatic carbocycles. The number of tetrazole rings is 1. The summed E-state index contributed by atoms with van der Waals surface area (Å²) in [5.41, 5.74) is 6.89. The maximum atomic E-state index is 12.7. The highest BCUT2D eigenvalue weighted by Crippen LogP contribution is 2.41. The number of anilines is 2. The van der Waals surface area contributed by atoms with Gasteiger partial charge in [0.05, 0.1) is 4.90 Å². The number of sulfonamides is 1. The van der Waals surface area contributed by atoms with Gasteiger partial charge in [-0.15, -0.1) is 16.9 Å². The number of aliphatic hydroxyl groups excluding tert-OH is 1. The number of carboxylic acid groups (broad SMARTS) is 1. The molecule has 0 saturated carbocycles. The number of fused-ring (bicyclic) bond motifs is 1. The predicted octanol–water partition coefficient (Wildman–Crippen LogP) is 1.14. The van der Waals surface area contributed by atoms with E-state index in [4.69, 9.17) is 10.3 Å². The van der Waals surface area contributed by atoms with Crippen LogP contribution in [0.3, 0.4) is 0 Å². The summed E-state index contributed by atoms with van der Waals surface area (Å²) in [4.78, 5) is 38.4. The molecule has 6 N–H and O–H groups in total. The highest BCUT2D eigenvalue weighted by atomic mass is 32.2. The van der Waals surface area contributed by atoms with Crippen molar-refractivity contribution in [1.29, 1.82) is 0 Å². The number of benzene rings is 2. The zero-order chi connectivity index (χ0) is 34.6. The van der Waals surface area contributed by atoms with Gasteiger partial charge in [-0.1, -0.05) is 47.3 Å². The Morgan fingerprint density at radius 2 is 1.90 bits per heavy atom. The molecule has 0 aliphatic carbocycles. The fourth-order valence-corrected chi connectivity index (χ4v) is 7.89. The molecule has 20 heteroatoms. The Hall–Kier alpha value is -4.92. The van der Waals surface area contributed by atoms with Gasteiger partial charge >= 0.3 is 5.97 Å². The minimum Gasteiger partial charge on any atom is -0.477 e. The molecule has 252 valence electrons. The zero-order valence-electron chi connectivity index (χ0n) is 25.2. The third-order valence-electron chi connectivity index (χ3n) is 6.93. The number of hydrogen-bond acceptors (Lipinski definition) is 14. The van der Waals surface area contributed by atoms with E-state index in [0.29, 0.717) is 39.2 Å². The largest absolute Gasteiger partial charge is 0.477 e. The van der Waals surface area contributed by atoms with Crippen molar-refractivity contribution < 1.29 is 37.5 Å². The first-order valence-electron chi connectivity index (χ1n) is 14.0. The summed E-state index contributed by atoms with van der Waals surface area (Å²) >= 11 is 2.64. The van der Waals surface area contributed by atoms with Crippen molar-refractivity contribution >= 4 is 62.8 Å². The molecule has 6 rings (SSSR count). The number of nitrogen functional groups attached to an aromatic ring is 1. The number of nitrogens with zero attached hydrogens (tertiary/aromatic N) is 6. The number of carbonyl (C=O) groups is 3. The number of rotatable bonds is 10. The second kappa shape index (κ2) is 14.5. The van der Waals surface area contributed by atoms with E-state index in [0.717, 1.165) is 0 Å². The van der Waals surface area contributed by atoms with Crippen LogP contribution in [0.4, 0.5) is 11.5 Å². The van der Waals surface area contributed by atoms with Gasteiger partial charge in [0.2, 0.25) is 5.16 Å². The number of hydrogen-bond donors (Lipinski definition) is 5. The fourth-order valence-electron chi connectivity index (χ4n) is 4.57. The Kier molecular flexibility index (Phi) is 10.4. The number of carboxylic acids is 1. The second-order valence-corrected chi connectivity index (χ2v) is 14.1. The third kappa shape index (κ3) is 7.62. The van der Waals surface area contributed by atoms with Gasteiger partial charge in [0.15, 0.2) is 11.9 Å². The average Bonchev–Trinajstić information content (AvgIpc) is 3.68. The summed E-state index contributed by atoms with van der Waals surface area (Å²) in [5.74, 6) is -1.07. The molecule has 2 amide bonds. The lowest BCUT2D eigenvalue weighted by molar-refractivity contribution is -0.151. The lowest BCUT2D eigenvalue weighted by atomic mass is 10.0. The first-order chi connectivity index (χ1) is 22.9. The first kappa shape index (κ1) is 34.4. The number of nitrogens with one attached hydrogen (secondary N) is 2. The standard InChI is InChI=1S/C18H18N6O5S2.C10H11N3O3S/c1-23-18(20-21-22-23)31-8-10-7-30-16-11(15(27)24(16)12(10)17(28)29)19-14(26)13(25)9-5-3-2-4-6-9;1-7-6-10(12-16-7)13-17(14,15)9-4-2-8(11)3-5-9/h2-6,11,13,16,25H,7-8H2,1H3,(H,19,26)(H,28,29);2-6H,11H2,1H3,(H,12,13)/t11-,13-,16-;/m1./s1. The molecule has 2 aromatic heterocycles. The molecule has 0 unspecified atom stereocenters. The number of aromatic nitrogens is 5. The van der Waals surface area contributed by atoms with E-state index >= 15 is 0 Å². The number of amides is 2. The maximum Gasteiger partial charge on any atom is 0.352 e. The van der Waals surface area contributed by atoms with Gasteiger partial charge in [0.25, 0.3) is 21.8 Å². The number of thioether (sulfide) groups is 2. The normalized spacial score (nSPS) is 17.8. The molecular formula is C28H29N9O8S3. The molecule has 1 saturated heterocycles. The summed E-state index contributed by atoms with van der Waals surface area (Å²) in [6.07, 6.45) is -1.42. The van der Waals surface area contributed by atoms with Crippen LogP contribution in [0, 0.1) is 6.92 Å². The third-order valence-corrected chi connectivity index (χ3v) is 10.7. The predicted molar refractivity (Wildman–Crippen MR) is 174 cm³/mol. The molecule has 2 aliphatic heterocycles. The fraction of sp³-hybridized carbons (Fsp3) is 0.250. The second-order valence-electron chi connectivity index (χ2n) is 10.3. The average molecular weight is 716 g/mol. The maximum absolute atomic E-state index is 12.7. The minimum atomic E-state index is -3.64. The number of β-lactam (4-membered cyclic amide) rings is 1. The summed E-state index contributed by atoms with van der Waals surface area (Å²) < 4.78 is 32.3. The Morgan fingerprint density at radius 3 is 2.50 bits per heavy atom. The lowest BCUT2D eigenvalue weighted by Gasteiger charge is -2.49. The number of aliphatic hydroxyl groups is 1. The van der Waals surface area contributed by atoms with E-state index in [9.17, 15) is 33.0 Å². The van der Waals surface area contributed by atoms with E-state index in [1.165, 1.54) is 63.4 Å². The molecule has 0 radical (unpaired) electrons. The molecular weight excluding hydrogens is 687 g/mol. The van der Waals surface area contributed by atoms with Crippen LogP contribution in [-0.4, -0.2) is 89.6 Å². The summed E-state index contributed by atoms with van der Waals surface area (Å²) in [7, 11) is -1.97. The molecule has 48 heavy (non-hydrogen) atoms. The van der Waals surface area contributed by atoms with Crippen LogP contribution in [0.15, 0.2) is 86.5 Å². The monoisotopic (exact) mass is 715 g/mol. The van der Waals surface area contributed by atoms with Crippen LogP contribution in [-0.2, 0) is 31.5 Å². The number of aryl methyl sites for hydroxylation is 2. The smallest absolute Gasteiger partial charge is 0.352 e. The summed E-state index contributed by atoms with van der Waals surface area (Å²) in [6, 6.07) is 14.8. The van der Waals surface area contributed by atoms with E-state index < -0.39 is 45.3 Å². The van der Waals surface area contributed by atoms with Gasteiger partial charge in [0, 0.05) is 30.3 Å². The Balaban J connectivity index is 0.000000224. The number of carbonyl (C=O) groups excluding carboxylic acids is 2. The molecule has 4 aromatic rings. The van der Waals surface area contributed by atoms with Gasteiger partial charge in [-0.05, 0) is 52.8 Å². The zero-order valence-corrected chi connectivity index (χ0v) is 27.7. The molecule has 4 heterocycles. The Labute approximate surface area is 282 Å². The van der Waals surface area contributed by atoms with E-state index in [2.05, 4.69) is 30.7 Å². The summed E-state index contributed by atoms with van der Waals surface area (Å²) in [6.45, 7) is 1.67. The molecule has 3 atom stereocenters. The topological polar surface area (TPSA) is 249 Å². The molecule has 2 aliphatic rings. The van der Waals surface area contributed by atoms with Crippen molar-refractivity contribution in [1.82, 2.24) is 35.6 Å². The minimum absolute atomic E-state index is 0.0783. The quantitative estimate of drug-likeness (QED) is 0.0877. The van der Waals surface area contributed by atoms with Gasteiger partial charge < -0.3 is 25.8 Å². The lowest BCUT2D eigenvalue weighted by Crippen LogP contribution is -2.70. The van der Waals surface area contributed by atoms with Crippen molar-refractivity contribution in [3.63, 3.8) is 0 Å². The van der Waals surface area contributed by atoms with Crippen LogP contribution in [0.25, 0.3) is 0 Å². The highest BCUT2D eigenvalue weighted by Gasteiger charge is 2.54. The van der Waals surface area contributed by atoms with Gasteiger partial charge in [0.1, 0.15) is 22.9 Å². The molecule has 17 nitrogen and oxygen atoms in total. The molecule has 1 fully saturated rings. The summed E-state index contributed by atoms with van der Waals surface area (Å²) in [5, 5.41) is 37.2. The van der Waals surface area contributed by atoms with Crippen LogP contribution in [0.1, 0.15) is 17.4 Å².